The van der Waals surface area contributed by atoms with E-state index in [-0.39, 0.29) is 17.9 Å². The van der Waals surface area contributed by atoms with Crippen molar-refractivity contribution in [1.29, 1.82) is 0 Å². The second-order valence-corrected chi connectivity index (χ2v) is 5.49. The van der Waals surface area contributed by atoms with Gasteiger partial charge in [-0.2, -0.15) is 0 Å². The molecule has 1 saturated heterocycles. The fourth-order valence-corrected chi connectivity index (χ4v) is 3.10. The minimum atomic E-state index is 0.122. The number of carbonyl (C=O) groups excluding carboxylic acids is 1. The summed E-state index contributed by atoms with van der Waals surface area (Å²) in [6.45, 7) is 6.82. The molecule has 0 spiro atoms. The van der Waals surface area contributed by atoms with E-state index < -0.39 is 0 Å². The van der Waals surface area contributed by atoms with Crippen molar-refractivity contribution in [2.24, 2.45) is 5.92 Å². The molecule has 1 aromatic heterocycles. The van der Waals surface area contributed by atoms with Gasteiger partial charge in [-0.3, -0.25) is 4.79 Å². The molecule has 0 saturated carbocycles. The van der Waals surface area contributed by atoms with Crippen molar-refractivity contribution in [2.75, 3.05) is 19.8 Å². The molecule has 1 aromatic rings. The van der Waals surface area contributed by atoms with E-state index in [0.29, 0.717) is 19.8 Å². The average molecular weight is 264 g/mol. The Morgan fingerprint density at radius 1 is 1.32 bits per heavy atom. The van der Waals surface area contributed by atoms with Gasteiger partial charge in [0.15, 0.2) is 5.82 Å². The van der Waals surface area contributed by atoms with E-state index in [1.165, 1.54) is 0 Å². The molecule has 1 atom stereocenters. The van der Waals surface area contributed by atoms with Crippen LogP contribution in [0.2, 0.25) is 0 Å². The summed E-state index contributed by atoms with van der Waals surface area (Å²) in [5, 5.41) is 8.29. The van der Waals surface area contributed by atoms with Crippen molar-refractivity contribution in [3.63, 3.8) is 0 Å². The molecule has 19 heavy (non-hydrogen) atoms. The number of aromatic nitrogens is 3. The minimum Gasteiger partial charge on any atom is -0.381 e. The quantitative estimate of drug-likeness (QED) is 0.756. The molecule has 0 aliphatic carbocycles. The van der Waals surface area contributed by atoms with Crippen molar-refractivity contribution in [3.05, 3.63) is 11.6 Å². The molecule has 3 heterocycles. The molecule has 2 aliphatic rings. The van der Waals surface area contributed by atoms with Gasteiger partial charge in [0.2, 0.25) is 5.91 Å². The van der Waals surface area contributed by atoms with Gasteiger partial charge in [0.25, 0.3) is 0 Å². The average Bonchev–Trinajstić information content (AvgIpc) is 2.81. The third-order valence-electron chi connectivity index (χ3n) is 4.08. The molecule has 0 aromatic carbocycles. The molecular weight excluding hydrogens is 244 g/mol. The number of hydrogen-bond acceptors (Lipinski definition) is 4. The number of amides is 1. The highest BCUT2D eigenvalue weighted by Gasteiger charge is 2.32. The van der Waals surface area contributed by atoms with Gasteiger partial charge in [0.05, 0.1) is 12.6 Å². The predicted octanol–water partition coefficient (Wildman–Crippen LogP) is 0.916. The first-order valence-corrected chi connectivity index (χ1v) is 6.93. The third kappa shape index (κ3) is 2.25. The summed E-state index contributed by atoms with van der Waals surface area (Å²) in [7, 11) is 0. The van der Waals surface area contributed by atoms with Gasteiger partial charge < -0.3 is 14.2 Å². The number of rotatable bonds is 1. The van der Waals surface area contributed by atoms with E-state index in [1.54, 1.807) is 0 Å². The standard InChI is InChI=1S/C13H20N4O2/c1-9-7-16(8-12-15-14-10(2)17(9)12)13(18)11-3-5-19-6-4-11/h9,11H,3-8H2,1-2H3. The number of hydrogen-bond donors (Lipinski definition) is 0. The van der Waals surface area contributed by atoms with E-state index in [9.17, 15) is 4.79 Å². The van der Waals surface area contributed by atoms with Crippen LogP contribution in [0.5, 0.6) is 0 Å². The van der Waals surface area contributed by atoms with Crippen molar-refractivity contribution in [2.45, 2.75) is 39.3 Å². The number of aryl methyl sites for hydroxylation is 1. The summed E-state index contributed by atoms with van der Waals surface area (Å²) in [6.07, 6.45) is 1.69. The molecule has 1 unspecified atom stereocenters. The van der Waals surface area contributed by atoms with Crippen molar-refractivity contribution in [1.82, 2.24) is 19.7 Å². The molecule has 2 aliphatic heterocycles. The number of carbonyl (C=O) groups is 1. The van der Waals surface area contributed by atoms with Crippen LogP contribution in [0.15, 0.2) is 0 Å². The van der Waals surface area contributed by atoms with Crippen LogP contribution in [0.1, 0.15) is 37.5 Å². The Labute approximate surface area is 112 Å². The van der Waals surface area contributed by atoms with Crippen molar-refractivity contribution < 1.29 is 9.53 Å². The maximum Gasteiger partial charge on any atom is 0.226 e. The summed E-state index contributed by atoms with van der Waals surface area (Å²) in [5.74, 6) is 2.20. The Bertz CT molecular complexity index is 479. The second-order valence-electron chi connectivity index (χ2n) is 5.49. The summed E-state index contributed by atoms with van der Waals surface area (Å²) >= 11 is 0. The van der Waals surface area contributed by atoms with E-state index >= 15 is 0 Å². The lowest BCUT2D eigenvalue weighted by atomic mass is 9.98. The Kier molecular flexibility index (Phi) is 3.26. The van der Waals surface area contributed by atoms with E-state index in [0.717, 1.165) is 31.0 Å². The van der Waals surface area contributed by atoms with Crippen LogP contribution in [-0.4, -0.2) is 45.3 Å². The number of fused-ring (bicyclic) bond motifs is 1. The molecule has 0 bridgehead atoms. The smallest absolute Gasteiger partial charge is 0.226 e. The Hall–Kier alpha value is -1.43. The molecule has 1 fully saturated rings. The first-order valence-electron chi connectivity index (χ1n) is 6.93. The third-order valence-corrected chi connectivity index (χ3v) is 4.08. The first-order chi connectivity index (χ1) is 9.16. The topological polar surface area (TPSA) is 60.2 Å². The molecule has 6 heteroatoms. The Balaban J connectivity index is 1.75. The van der Waals surface area contributed by atoms with Crippen LogP contribution in [0, 0.1) is 12.8 Å². The highest BCUT2D eigenvalue weighted by Crippen LogP contribution is 2.25. The lowest BCUT2D eigenvalue weighted by Gasteiger charge is -2.35. The van der Waals surface area contributed by atoms with Crippen molar-refractivity contribution >= 4 is 5.91 Å². The van der Waals surface area contributed by atoms with Crippen LogP contribution in [0.4, 0.5) is 0 Å². The lowest BCUT2D eigenvalue weighted by molar-refractivity contribution is -0.140. The zero-order valence-corrected chi connectivity index (χ0v) is 11.5. The summed E-state index contributed by atoms with van der Waals surface area (Å²) in [6, 6.07) is 0.252. The van der Waals surface area contributed by atoms with Gasteiger partial charge >= 0.3 is 0 Å². The van der Waals surface area contributed by atoms with Gasteiger partial charge in [0.1, 0.15) is 5.82 Å². The summed E-state index contributed by atoms with van der Waals surface area (Å²) < 4.78 is 7.45. The normalized spacial score (nSPS) is 24.3. The second kappa shape index (κ2) is 4.92. The largest absolute Gasteiger partial charge is 0.381 e. The van der Waals surface area contributed by atoms with Gasteiger partial charge in [0, 0.05) is 25.7 Å². The molecule has 104 valence electrons. The van der Waals surface area contributed by atoms with E-state index in [2.05, 4.69) is 21.7 Å². The summed E-state index contributed by atoms with van der Waals surface area (Å²) in [5.41, 5.74) is 0. The Morgan fingerprint density at radius 3 is 2.79 bits per heavy atom. The van der Waals surface area contributed by atoms with Gasteiger partial charge in [-0.25, -0.2) is 0 Å². The maximum absolute atomic E-state index is 12.5. The fraction of sp³-hybridized carbons (Fsp3) is 0.769. The number of nitrogens with zero attached hydrogens (tertiary/aromatic N) is 4. The number of ether oxygens (including phenoxy) is 1. The summed E-state index contributed by atoms with van der Waals surface area (Å²) in [4.78, 5) is 14.5. The molecule has 0 N–H and O–H groups in total. The van der Waals surface area contributed by atoms with Crippen LogP contribution in [0.25, 0.3) is 0 Å². The lowest BCUT2D eigenvalue weighted by Crippen LogP contribution is -2.44. The monoisotopic (exact) mass is 264 g/mol. The van der Waals surface area contributed by atoms with Crippen LogP contribution in [0.3, 0.4) is 0 Å². The molecule has 0 radical (unpaired) electrons. The minimum absolute atomic E-state index is 0.122. The molecule has 3 rings (SSSR count). The zero-order valence-electron chi connectivity index (χ0n) is 11.5. The fourth-order valence-electron chi connectivity index (χ4n) is 3.10. The zero-order chi connectivity index (χ0) is 13.4. The van der Waals surface area contributed by atoms with Gasteiger partial charge in [-0.05, 0) is 26.7 Å². The van der Waals surface area contributed by atoms with Crippen molar-refractivity contribution in [3.8, 4) is 0 Å². The van der Waals surface area contributed by atoms with Crippen LogP contribution in [-0.2, 0) is 16.1 Å². The first kappa shape index (κ1) is 12.6. The van der Waals surface area contributed by atoms with Gasteiger partial charge in [-0.15, -0.1) is 10.2 Å². The van der Waals surface area contributed by atoms with Gasteiger partial charge in [-0.1, -0.05) is 0 Å². The Morgan fingerprint density at radius 2 is 2.05 bits per heavy atom. The predicted molar refractivity (Wildman–Crippen MR) is 68.4 cm³/mol. The van der Waals surface area contributed by atoms with Crippen LogP contribution >= 0.6 is 0 Å². The molecular formula is C13H20N4O2. The van der Waals surface area contributed by atoms with Crippen LogP contribution < -0.4 is 0 Å². The van der Waals surface area contributed by atoms with E-state index in [1.807, 2.05) is 11.8 Å². The highest BCUT2D eigenvalue weighted by molar-refractivity contribution is 5.79. The highest BCUT2D eigenvalue weighted by atomic mass is 16.5. The molecule has 1 amide bonds. The SMILES string of the molecule is Cc1nnc2n1C(C)CN(C(=O)C1CCOCC1)C2. The van der Waals surface area contributed by atoms with E-state index in [4.69, 9.17) is 4.74 Å². The maximum atomic E-state index is 12.5. The molecule has 6 nitrogen and oxygen atoms in total.